The van der Waals surface area contributed by atoms with Crippen molar-refractivity contribution in [1.29, 1.82) is 0 Å². The molecule has 0 aromatic rings. The van der Waals surface area contributed by atoms with Crippen molar-refractivity contribution in [2.24, 2.45) is 5.92 Å². The number of ether oxygens (including phenoxy) is 1. The van der Waals surface area contributed by atoms with Crippen molar-refractivity contribution < 1.29 is 18.8 Å². The molecule has 0 N–H and O–H groups in total. The second kappa shape index (κ2) is 12.3. The van der Waals surface area contributed by atoms with Gasteiger partial charge < -0.3 is 9.16 Å². The SMILES string of the molecule is CCCCC(CC)COC(=O)/C=C\C(=O)O[Si](C(C)C)(C(C)C)C(C)C. The zero-order valence-electron chi connectivity index (χ0n) is 18.1. The molecule has 0 amide bonds. The van der Waals surface area contributed by atoms with Gasteiger partial charge in [-0.15, -0.1) is 0 Å². The van der Waals surface area contributed by atoms with Crippen molar-refractivity contribution in [2.45, 2.75) is 97.7 Å². The maximum Gasteiger partial charge on any atom is 0.331 e. The van der Waals surface area contributed by atoms with E-state index in [0.717, 1.165) is 25.7 Å². The van der Waals surface area contributed by atoms with E-state index in [1.165, 1.54) is 12.2 Å². The number of rotatable bonds is 12. The van der Waals surface area contributed by atoms with Gasteiger partial charge in [0.05, 0.1) is 6.61 Å². The van der Waals surface area contributed by atoms with Crippen LogP contribution in [0.4, 0.5) is 0 Å². The second-order valence-electron chi connectivity index (χ2n) is 8.12. The van der Waals surface area contributed by atoms with E-state index in [0.29, 0.717) is 29.1 Å². The molecule has 1 atom stereocenters. The number of carbonyl (C=O) groups is 2. The van der Waals surface area contributed by atoms with Crippen LogP contribution in [0.15, 0.2) is 12.2 Å². The first-order valence-electron chi connectivity index (χ1n) is 10.2. The quantitative estimate of drug-likeness (QED) is 0.234. The molecule has 26 heavy (non-hydrogen) atoms. The van der Waals surface area contributed by atoms with E-state index in [4.69, 9.17) is 9.16 Å². The second-order valence-corrected chi connectivity index (χ2v) is 13.5. The monoisotopic (exact) mass is 384 g/mol. The van der Waals surface area contributed by atoms with Crippen LogP contribution in [0.5, 0.6) is 0 Å². The summed E-state index contributed by atoms with van der Waals surface area (Å²) in [5, 5.41) is 0. The van der Waals surface area contributed by atoms with E-state index in [1.54, 1.807) is 0 Å². The zero-order chi connectivity index (χ0) is 20.3. The molecule has 0 radical (unpaired) electrons. The molecule has 0 aliphatic rings. The molecule has 0 rings (SSSR count). The molecule has 0 saturated heterocycles. The van der Waals surface area contributed by atoms with E-state index < -0.39 is 20.3 Å². The van der Waals surface area contributed by atoms with Crippen molar-refractivity contribution in [2.75, 3.05) is 6.61 Å². The van der Waals surface area contributed by atoms with Gasteiger partial charge in [0.2, 0.25) is 0 Å². The summed E-state index contributed by atoms with van der Waals surface area (Å²) in [5.41, 5.74) is 0.946. The Bertz CT molecular complexity index is 433. The highest BCUT2D eigenvalue weighted by molar-refractivity contribution is 6.79. The first-order valence-corrected chi connectivity index (χ1v) is 12.3. The first-order chi connectivity index (χ1) is 12.1. The maximum atomic E-state index is 12.3. The fraction of sp³-hybridized carbons (Fsp3) is 0.810. The van der Waals surface area contributed by atoms with Crippen molar-refractivity contribution in [1.82, 2.24) is 0 Å². The predicted octanol–water partition coefficient (Wildman–Crippen LogP) is 6.02. The molecular weight excluding hydrogens is 344 g/mol. The predicted molar refractivity (Wildman–Crippen MR) is 111 cm³/mol. The Kier molecular flexibility index (Phi) is 11.8. The maximum absolute atomic E-state index is 12.3. The van der Waals surface area contributed by atoms with Crippen molar-refractivity contribution >= 4 is 20.3 Å². The fourth-order valence-electron chi connectivity index (χ4n) is 3.84. The average Bonchev–Trinajstić information content (AvgIpc) is 2.56. The van der Waals surface area contributed by atoms with E-state index in [9.17, 15) is 9.59 Å². The summed E-state index contributed by atoms with van der Waals surface area (Å²) in [7, 11) is -2.27. The number of carbonyl (C=O) groups excluding carboxylic acids is 2. The molecule has 0 heterocycles. The lowest BCUT2D eigenvalue weighted by molar-refractivity contribution is -0.140. The molecular formula is C21H40O4Si. The highest BCUT2D eigenvalue weighted by atomic mass is 28.4. The molecule has 0 saturated carbocycles. The molecule has 0 aromatic heterocycles. The van der Waals surface area contributed by atoms with E-state index in [2.05, 4.69) is 55.4 Å². The van der Waals surface area contributed by atoms with Gasteiger partial charge >= 0.3 is 11.9 Å². The molecule has 152 valence electrons. The Morgan fingerprint density at radius 2 is 1.38 bits per heavy atom. The number of unbranched alkanes of at least 4 members (excludes halogenated alkanes) is 1. The lowest BCUT2D eigenvalue weighted by Gasteiger charge is -2.40. The largest absolute Gasteiger partial charge is 0.515 e. The van der Waals surface area contributed by atoms with Crippen molar-refractivity contribution in [3.05, 3.63) is 12.2 Å². The molecule has 5 heteroatoms. The van der Waals surface area contributed by atoms with Crippen molar-refractivity contribution in [3.63, 3.8) is 0 Å². The average molecular weight is 385 g/mol. The summed E-state index contributed by atoms with van der Waals surface area (Å²) in [6, 6.07) is 0. The van der Waals surface area contributed by atoms with Gasteiger partial charge in [0, 0.05) is 12.2 Å². The Labute approximate surface area is 161 Å². The van der Waals surface area contributed by atoms with Gasteiger partial charge in [0.15, 0.2) is 0 Å². The smallest absolute Gasteiger partial charge is 0.331 e. The minimum atomic E-state index is -2.27. The number of hydrogen-bond donors (Lipinski definition) is 0. The molecule has 0 bridgehead atoms. The molecule has 1 unspecified atom stereocenters. The van der Waals surface area contributed by atoms with Crippen LogP contribution in [0.2, 0.25) is 16.6 Å². The molecule has 0 spiro atoms. The normalized spacial score (nSPS) is 13.7. The van der Waals surface area contributed by atoms with E-state index in [-0.39, 0.29) is 0 Å². The van der Waals surface area contributed by atoms with Gasteiger partial charge in [-0.3, -0.25) is 0 Å². The van der Waals surface area contributed by atoms with Crippen LogP contribution in [0.3, 0.4) is 0 Å². The van der Waals surface area contributed by atoms with Crippen LogP contribution in [-0.2, 0) is 18.8 Å². The van der Waals surface area contributed by atoms with Gasteiger partial charge in [0.25, 0.3) is 8.32 Å². The summed E-state index contributed by atoms with van der Waals surface area (Å²) in [6.45, 7) is 17.4. The first kappa shape index (κ1) is 24.9. The molecule has 0 fully saturated rings. The van der Waals surface area contributed by atoms with Gasteiger partial charge in [-0.2, -0.15) is 0 Å². The highest BCUT2D eigenvalue weighted by Gasteiger charge is 2.47. The molecule has 0 aliphatic carbocycles. The van der Waals surface area contributed by atoms with Crippen LogP contribution in [0.1, 0.15) is 81.1 Å². The molecule has 0 aromatic carbocycles. The standard InChI is InChI=1S/C21H40O4Si/c1-9-11-12-19(10-2)15-24-20(22)13-14-21(23)25-26(16(3)4,17(5)6)18(7)8/h13-14,16-19H,9-12,15H2,1-8H3/b14-13-. The van der Waals surface area contributed by atoms with Gasteiger partial charge in [-0.05, 0) is 29.0 Å². The minimum Gasteiger partial charge on any atom is -0.515 e. The minimum absolute atomic E-state index is 0.315. The van der Waals surface area contributed by atoms with Gasteiger partial charge in [0.1, 0.15) is 0 Å². The van der Waals surface area contributed by atoms with Gasteiger partial charge in [-0.25, -0.2) is 9.59 Å². The van der Waals surface area contributed by atoms with E-state index in [1.807, 2.05) is 0 Å². The Hall–Kier alpha value is -1.10. The van der Waals surface area contributed by atoms with Crippen LogP contribution in [-0.4, -0.2) is 26.9 Å². The fourth-order valence-corrected chi connectivity index (χ4v) is 8.97. The third kappa shape index (κ3) is 7.64. The zero-order valence-corrected chi connectivity index (χ0v) is 19.1. The van der Waals surface area contributed by atoms with Crippen LogP contribution < -0.4 is 0 Å². The topological polar surface area (TPSA) is 52.6 Å². The van der Waals surface area contributed by atoms with Gasteiger partial charge in [-0.1, -0.05) is 74.7 Å². The lowest BCUT2D eigenvalue weighted by atomic mass is 10.0. The number of hydrogen-bond acceptors (Lipinski definition) is 4. The summed E-state index contributed by atoms with van der Waals surface area (Å²) in [5.74, 6) is -0.507. The summed E-state index contributed by atoms with van der Waals surface area (Å²) >= 11 is 0. The highest BCUT2D eigenvalue weighted by Crippen LogP contribution is 2.42. The Morgan fingerprint density at radius 1 is 0.885 bits per heavy atom. The number of esters is 1. The summed E-state index contributed by atoms with van der Waals surface area (Å²) in [6.07, 6.45) is 6.77. The van der Waals surface area contributed by atoms with Crippen LogP contribution in [0, 0.1) is 5.92 Å². The molecule has 4 nitrogen and oxygen atoms in total. The summed E-state index contributed by atoms with van der Waals surface area (Å²) in [4.78, 5) is 24.2. The summed E-state index contributed by atoms with van der Waals surface area (Å²) < 4.78 is 11.3. The third-order valence-electron chi connectivity index (χ3n) is 5.34. The Balaban J connectivity index is 4.76. The molecule has 0 aliphatic heterocycles. The van der Waals surface area contributed by atoms with Crippen molar-refractivity contribution in [3.8, 4) is 0 Å². The lowest BCUT2D eigenvalue weighted by Crippen LogP contribution is -2.49. The van der Waals surface area contributed by atoms with Crippen LogP contribution in [0.25, 0.3) is 0 Å². The third-order valence-corrected chi connectivity index (χ3v) is 11.3. The Morgan fingerprint density at radius 3 is 1.81 bits per heavy atom. The van der Waals surface area contributed by atoms with E-state index >= 15 is 0 Å². The van der Waals surface area contributed by atoms with Crippen LogP contribution >= 0.6 is 0 Å².